The Kier molecular flexibility index (Phi) is 1.85. The lowest BCUT2D eigenvalue weighted by Gasteiger charge is -1.98. The quantitative estimate of drug-likeness (QED) is 0.595. The Morgan fingerprint density at radius 2 is 2.36 bits per heavy atom. The summed E-state index contributed by atoms with van der Waals surface area (Å²) < 4.78 is 1.69. The third-order valence-corrected chi connectivity index (χ3v) is 1.49. The molecule has 0 aliphatic rings. The number of hydrogen-bond donors (Lipinski definition) is 2. The van der Waals surface area contributed by atoms with Crippen molar-refractivity contribution in [2.24, 2.45) is 7.05 Å². The number of nitrogens with zero attached hydrogens (tertiary/aromatic N) is 1. The Bertz CT molecular complexity index is 277. The van der Waals surface area contributed by atoms with Crippen LogP contribution in [0.5, 0.6) is 0 Å². The highest BCUT2D eigenvalue weighted by molar-refractivity contribution is 5.93. The molecule has 0 aliphatic heterocycles. The van der Waals surface area contributed by atoms with Crippen LogP contribution in [-0.4, -0.2) is 17.5 Å². The van der Waals surface area contributed by atoms with Crippen molar-refractivity contribution in [2.75, 3.05) is 12.8 Å². The molecule has 0 aliphatic carbocycles. The number of amides is 1. The van der Waals surface area contributed by atoms with Gasteiger partial charge in [0.25, 0.3) is 5.91 Å². The van der Waals surface area contributed by atoms with Crippen LogP contribution in [0, 0.1) is 0 Å². The van der Waals surface area contributed by atoms with E-state index in [9.17, 15) is 4.79 Å². The Morgan fingerprint density at radius 3 is 2.73 bits per heavy atom. The zero-order valence-electron chi connectivity index (χ0n) is 6.59. The van der Waals surface area contributed by atoms with Gasteiger partial charge in [0.05, 0.1) is 5.69 Å². The first-order chi connectivity index (χ1) is 5.15. The van der Waals surface area contributed by atoms with Gasteiger partial charge in [-0.3, -0.25) is 4.79 Å². The van der Waals surface area contributed by atoms with Crippen molar-refractivity contribution in [3.8, 4) is 0 Å². The molecule has 0 bridgehead atoms. The summed E-state index contributed by atoms with van der Waals surface area (Å²) in [4.78, 5) is 11.1. The molecule has 0 radical (unpaired) electrons. The second kappa shape index (κ2) is 2.65. The summed E-state index contributed by atoms with van der Waals surface area (Å²) in [5.74, 6) is -0.121. The van der Waals surface area contributed by atoms with Gasteiger partial charge in [0.15, 0.2) is 0 Å². The molecule has 4 nitrogen and oxygen atoms in total. The van der Waals surface area contributed by atoms with E-state index in [1.807, 2.05) is 0 Å². The molecule has 11 heavy (non-hydrogen) atoms. The number of nitrogens with two attached hydrogens (primary N) is 1. The number of nitrogen functional groups attached to an aromatic ring is 1. The molecule has 1 aromatic heterocycles. The van der Waals surface area contributed by atoms with E-state index >= 15 is 0 Å². The molecule has 60 valence electrons. The smallest absolute Gasteiger partial charge is 0.267 e. The Morgan fingerprint density at radius 1 is 1.73 bits per heavy atom. The zero-order chi connectivity index (χ0) is 8.43. The van der Waals surface area contributed by atoms with Gasteiger partial charge in [-0.05, 0) is 6.07 Å². The second-order valence-electron chi connectivity index (χ2n) is 2.35. The molecule has 0 spiro atoms. The van der Waals surface area contributed by atoms with Gasteiger partial charge < -0.3 is 15.6 Å². The molecule has 1 aromatic rings. The number of anilines is 1. The first kappa shape index (κ1) is 7.65. The minimum Gasteiger partial charge on any atom is -0.397 e. The maximum atomic E-state index is 11.1. The van der Waals surface area contributed by atoms with Crippen molar-refractivity contribution in [3.05, 3.63) is 18.0 Å². The lowest BCUT2D eigenvalue weighted by molar-refractivity contribution is 0.0955. The number of carbonyl (C=O) groups excluding carboxylic acids is 1. The molecule has 0 saturated heterocycles. The molecule has 0 atom stereocenters. The number of aromatic nitrogens is 1. The molecule has 1 rings (SSSR count). The minimum absolute atomic E-state index is 0.121. The van der Waals surface area contributed by atoms with Crippen LogP contribution in [0.15, 0.2) is 12.3 Å². The normalized spacial score (nSPS) is 9.64. The average molecular weight is 153 g/mol. The van der Waals surface area contributed by atoms with Gasteiger partial charge in [-0.25, -0.2) is 0 Å². The largest absolute Gasteiger partial charge is 0.397 e. The molecule has 0 saturated carbocycles. The second-order valence-corrected chi connectivity index (χ2v) is 2.35. The van der Waals surface area contributed by atoms with Gasteiger partial charge in [0.1, 0.15) is 5.69 Å². The van der Waals surface area contributed by atoms with Crippen molar-refractivity contribution in [2.45, 2.75) is 0 Å². The van der Waals surface area contributed by atoms with Crippen LogP contribution in [0.1, 0.15) is 10.5 Å². The van der Waals surface area contributed by atoms with Crippen LogP contribution in [-0.2, 0) is 7.05 Å². The molecule has 0 unspecified atom stereocenters. The molecule has 1 amide bonds. The van der Waals surface area contributed by atoms with Gasteiger partial charge in [0, 0.05) is 20.3 Å². The highest BCUT2D eigenvalue weighted by Gasteiger charge is 2.07. The molecule has 0 fully saturated rings. The fourth-order valence-corrected chi connectivity index (χ4v) is 0.944. The van der Waals surface area contributed by atoms with Crippen LogP contribution < -0.4 is 11.1 Å². The predicted molar refractivity (Wildman–Crippen MR) is 43.2 cm³/mol. The summed E-state index contributed by atoms with van der Waals surface area (Å²) in [7, 11) is 3.37. The van der Waals surface area contributed by atoms with Gasteiger partial charge in [0.2, 0.25) is 0 Å². The standard InChI is InChI=1S/C7H11N3O/c1-9-7(11)6-3-5(8)4-10(6)2/h3-4H,8H2,1-2H3,(H,9,11). The molecule has 3 N–H and O–H groups in total. The van der Waals surface area contributed by atoms with Crippen LogP contribution in [0.2, 0.25) is 0 Å². The van der Waals surface area contributed by atoms with E-state index in [1.54, 1.807) is 30.9 Å². The SMILES string of the molecule is CNC(=O)c1cc(N)cn1C. The third kappa shape index (κ3) is 1.34. The number of aryl methyl sites for hydroxylation is 1. The van der Waals surface area contributed by atoms with E-state index in [4.69, 9.17) is 5.73 Å². The van der Waals surface area contributed by atoms with Crippen LogP contribution >= 0.6 is 0 Å². The van der Waals surface area contributed by atoms with Crippen molar-refractivity contribution in [3.63, 3.8) is 0 Å². The zero-order valence-corrected chi connectivity index (χ0v) is 6.59. The lowest BCUT2D eigenvalue weighted by atomic mass is 10.4. The van der Waals surface area contributed by atoms with Crippen molar-refractivity contribution < 1.29 is 4.79 Å². The molecule has 1 heterocycles. The summed E-state index contributed by atoms with van der Waals surface area (Å²) in [5, 5.41) is 2.52. The molecular weight excluding hydrogens is 142 g/mol. The summed E-state index contributed by atoms with van der Waals surface area (Å²) >= 11 is 0. The Labute approximate surface area is 65.0 Å². The summed E-state index contributed by atoms with van der Waals surface area (Å²) in [6, 6.07) is 1.64. The van der Waals surface area contributed by atoms with Gasteiger partial charge >= 0.3 is 0 Å². The number of carbonyl (C=O) groups is 1. The first-order valence-electron chi connectivity index (χ1n) is 3.29. The van der Waals surface area contributed by atoms with Crippen LogP contribution in [0.4, 0.5) is 5.69 Å². The minimum atomic E-state index is -0.121. The third-order valence-electron chi connectivity index (χ3n) is 1.49. The summed E-state index contributed by atoms with van der Waals surface area (Å²) in [6.45, 7) is 0. The fraction of sp³-hybridized carbons (Fsp3) is 0.286. The fourth-order valence-electron chi connectivity index (χ4n) is 0.944. The average Bonchev–Trinajstić information content (AvgIpc) is 2.28. The van der Waals surface area contributed by atoms with E-state index in [0.29, 0.717) is 11.4 Å². The van der Waals surface area contributed by atoms with E-state index in [2.05, 4.69) is 5.32 Å². The maximum absolute atomic E-state index is 11.1. The van der Waals surface area contributed by atoms with Gasteiger partial charge in [-0.2, -0.15) is 0 Å². The number of nitrogens with one attached hydrogen (secondary N) is 1. The van der Waals surface area contributed by atoms with Crippen LogP contribution in [0.3, 0.4) is 0 Å². The highest BCUT2D eigenvalue weighted by Crippen LogP contribution is 2.07. The van der Waals surface area contributed by atoms with Crippen molar-refractivity contribution in [1.29, 1.82) is 0 Å². The van der Waals surface area contributed by atoms with E-state index in [1.165, 1.54) is 0 Å². The van der Waals surface area contributed by atoms with Crippen LogP contribution in [0.25, 0.3) is 0 Å². The first-order valence-corrected chi connectivity index (χ1v) is 3.29. The van der Waals surface area contributed by atoms with Gasteiger partial charge in [-0.1, -0.05) is 0 Å². The molecule has 4 heteroatoms. The van der Waals surface area contributed by atoms with Gasteiger partial charge in [-0.15, -0.1) is 0 Å². The van der Waals surface area contributed by atoms with Crippen molar-refractivity contribution in [1.82, 2.24) is 9.88 Å². The monoisotopic (exact) mass is 153 g/mol. The highest BCUT2D eigenvalue weighted by atomic mass is 16.1. The molecular formula is C7H11N3O. The van der Waals surface area contributed by atoms with E-state index in [0.717, 1.165) is 0 Å². The lowest BCUT2D eigenvalue weighted by Crippen LogP contribution is -2.20. The molecule has 0 aromatic carbocycles. The number of hydrogen-bond acceptors (Lipinski definition) is 2. The van der Waals surface area contributed by atoms with E-state index < -0.39 is 0 Å². The summed E-state index contributed by atoms with van der Waals surface area (Å²) in [5.41, 5.74) is 6.65. The predicted octanol–water partition coefficient (Wildman–Crippen LogP) is -0.0331. The summed E-state index contributed by atoms with van der Waals surface area (Å²) in [6.07, 6.45) is 1.70. The Hall–Kier alpha value is -1.45. The maximum Gasteiger partial charge on any atom is 0.267 e. The van der Waals surface area contributed by atoms with Crippen molar-refractivity contribution >= 4 is 11.6 Å². The Balaban J connectivity index is 3.03. The van der Waals surface area contributed by atoms with E-state index in [-0.39, 0.29) is 5.91 Å². The topological polar surface area (TPSA) is 60.1 Å². The number of rotatable bonds is 1.